The summed E-state index contributed by atoms with van der Waals surface area (Å²) >= 11 is 0. The highest BCUT2D eigenvalue weighted by Crippen LogP contribution is 2.10. The van der Waals surface area contributed by atoms with Gasteiger partial charge in [0.15, 0.2) is 9.84 Å². The van der Waals surface area contributed by atoms with Crippen LogP contribution in [0, 0.1) is 0 Å². The van der Waals surface area contributed by atoms with Crippen LogP contribution >= 0.6 is 0 Å². The molecule has 0 saturated carbocycles. The quantitative estimate of drug-likeness (QED) is 0.748. The molecule has 104 valence electrons. The highest BCUT2D eigenvalue weighted by atomic mass is 32.2. The third kappa shape index (κ3) is 4.84. The molecule has 1 atom stereocenters. The number of hydrogen-bond donors (Lipinski definition) is 2. The van der Waals surface area contributed by atoms with E-state index in [1.54, 1.807) is 18.2 Å². The molecule has 1 aromatic rings. The van der Waals surface area contributed by atoms with E-state index in [1.165, 1.54) is 12.1 Å². The normalized spacial score (nSPS) is 12.7. The maximum Gasteiger partial charge on any atom is 0.237 e. The fourth-order valence-corrected chi connectivity index (χ4v) is 2.09. The van der Waals surface area contributed by atoms with Crippen molar-refractivity contribution < 1.29 is 13.2 Å². The van der Waals surface area contributed by atoms with Crippen LogP contribution in [0.4, 0.5) is 0 Å². The Bertz CT molecular complexity index is 550. The molecule has 3 N–H and O–H groups in total. The van der Waals surface area contributed by atoms with Crippen molar-refractivity contribution in [2.24, 2.45) is 5.73 Å². The van der Waals surface area contributed by atoms with E-state index in [9.17, 15) is 13.2 Å². The molecule has 0 radical (unpaired) electrons. The Morgan fingerprint density at radius 1 is 1.42 bits per heavy atom. The lowest BCUT2D eigenvalue weighted by molar-refractivity contribution is -0.122. The van der Waals surface area contributed by atoms with Crippen LogP contribution in [0.2, 0.25) is 0 Å². The minimum Gasteiger partial charge on any atom is -0.351 e. The Morgan fingerprint density at radius 3 is 2.47 bits per heavy atom. The number of rotatable bonds is 6. The van der Waals surface area contributed by atoms with Crippen LogP contribution in [0.1, 0.15) is 12.0 Å². The van der Waals surface area contributed by atoms with Crippen LogP contribution < -0.4 is 11.1 Å². The van der Waals surface area contributed by atoms with Gasteiger partial charge in [-0.2, -0.15) is 0 Å². The van der Waals surface area contributed by atoms with Crippen LogP contribution in [0.3, 0.4) is 0 Å². The first-order valence-electron chi connectivity index (χ1n) is 5.78. The molecular formula is C13H18N2O3S. The number of amides is 1. The van der Waals surface area contributed by atoms with Gasteiger partial charge in [0.2, 0.25) is 5.91 Å². The van der Waals surface area contributed by atoms with Crippen molar-refractivity contribution >= 4 is 15.7 Å². The van der Waals surface area contributed by atoms with E-state index < -0.39 is 15.9 Å². The number of sulfone groups is 1. The number of benzene rings is 1. The molecular weight excluding hydrogens is 264 g/mol. The van der Waals surface area contributed by atoms with Gasteiger partial charge in [0, 0.05) is 12.8 Å². The third-order valence-corrected chi connectivity index (χ3v) is 3.70. The lowest BCUT2D eigenvalue weighted by Crippen LogP contribution is -2.39. The number of carbonyl (C=O) groups excluding carboxylic acids is 1. The lowest BCUT2D eigenvalue weighted by atomic mass is 10.2. The molecule has 0 bridgehead atoms. The van der Waals surface area contributed by atoms with Gasteiger partial charge in [0.05, 0.1) is 10.9 Å². The minimum atomic E-state index is -3.19. The van der Waals surface area contributed by atoms with Crippen molar-refractivity contribution in [3.8, 4) is 0 Å². The summed E-state index contributed by atoms with van der Waals surface area (Å²) in [5.74, 6) is -0.257. The summed E-state index contributed by atoms with van der Waals surface area (Å²) in [7, 11) is -3.19. The number of hydrogen-bond acceptors (Lipinski definition) is 4. The number of nitrogens with one attached hydrogen (secondary N) is 1. The topological polar surface area (TPSA) is 89.3 Å². The summed E-state index contributed by atoms with van der Waals surface area (Å²) in [5.41, 5.74) is 6.42. The minimum absolute atomic E-state index is 0.255. The molecule has 1 unspecified atom stereocenters. The molecule has 1 aromatic carbocycles. The monoisotopic (exact) mass is 282 g/mol. The molecule has 0 fully saturated rings. The first-order chi connectivity index (χ1) is 8.84. The zero-order valence-electron chi connectivity index (χ0n) is 10.8. The van der Waals surface area contributed by atoms with Gasteiger partial charge in [-0.1, -0.05) is 18.2 Å². The van der Waals surface area contributed by atoms with Crippen LogP contribution in [-0.2, 0) is 21.2 Å². The zero-order valence-corrected chi connectivity index (χ0v) is 11.6. The highest BCUT2D eigenvalue weighted by Gasteiger charge is 2.11. The molecule has 0 saturated heterocycles. The van der Waals surface area contributed by atoms with Gasteiger partial charge < -0.3 is 11.1 Å². The smallest absolute Gasteiger partial charge is 0.237 e. The van der Waals surface area contributed by atoms with Gasteiger partial charge in [-0.15, -0.1) is 6.58 Å². The average Bonchev–Trinajstić information content (AvgIpc) is 2.35. The van der Waals surface area contributed by atoms with Crippen molar-refractivity contribution in [2.75, 3.05) is 6.26 Å². The summed E-state index contributed by atoms with van der Waals surface area (Å²) in [4.78, 5) is 11.8. The summed E-state index contributed by atoms with van der Waals surface area (Å²) in [6, 6.07) is 5.75. The largest absolute Gasteiger partial charge is 0.351 e. The van der Waals surface area contributed by atoms with Crippen molar-refractivity contribution in [1.29, 1.82) is 0 Å². The second kappa shape index (κ2) is 6.49. The molecule has 0 aliphatic rings. The molecule has 6 heteroatoms. The van der Waals surface area contributed by atoms with Crippen molar-refractivity contribution in [2.45, 2.75) is 23.9 Å². The Labute approximate surface area is 113 Å². The van der Waals surface area contributed by atoms with Crippen molar-refractivity contribution in [3.63, 3.8) is 0 Å². The highest BCUT2D eigenvalue weighted by molar-refractivity contribution is 7.90. The van der Waals surface area contributed by atoms with Gasteiger partial charge in [0.25, 0.3) is 0 Å². The third-order valence-electron chi connectivity index (χ3n) is 2.58. The molecule has 0 aliphatic heterocycles. The van der Waals surface area contributed by atoms with Crippen molar-refractivity contribution in [3.05, 3.63) is 42.5 Å². The van der Waals surface area contributed by atoms with Crippen LogP contribution in [0.25, 0.3) is 0 Å². The van der Waals surface area contributed by atoms with Crippen LogP contribution in [0.15, 0.2) is 41.8 Å². The van der Waals surface area contributed by atoms with Gasteiger partial charge in [-0.05, 0) is 24.1 Å². The molecule has 0 aromatic heterocycles. The van der Waals surface area contributed by atoms with Crippen molar-refractivity contribution in [1.82, 2.24) is 5.32 Å². The van der Waals surface area contributed by atoms with Crippen LogP contribution in [0.5, 0.6) is 0 Å². The summed E-state index contributed by atoms with van der Waals surface area (Å²) in [5, 5.41) is 2.68. The zero-order chi connectivity index (χ0) is 14.5. The fourth-order valence-electron chi connectivity index (χ4n) is 1.46. The van der Waals surface area contributed by atoms with E-state index >= 15 is 0 Å². The molecule has 0 spiro atoms. The number of nitrogens with two attached hydrogens (primary N) is 1. The second-order valence-electron chi connectivity index (χ2n) is 4.26. The molecule has 0 heterocycles. The average molecular weight is 282 g/mol. The molecule has 0 aliphatic carbocycles. The van der Waals surface area contributed by atoms with Crippen LogP contribution in [-0.4, -0.2) is 26.6 Å². The van der Waals surface area contributed by atoms with E-state index in [-0.39, 0.29) is 10.8 Å². The van der Waals surface area contributed by atoms with E-state index in [1.807, 2.05) is 0 Å². The molecule has 1 amide bonds. The second-order valence-corrected chi connectivity index (χ2v) is 6.28. The maximum absolute atomic E-state index is 11.6. The summed E-state index contributed by atoms with van der Waals surface area (Å²) < 4.78 is 22.6. The van der Waals surface area contributed by atoms with Gasteiger partial charge in [-0.3, -0.25) is 4.79 Å². The standard InChI is InChI=1S/C13H18N2O3S/c1-3-4-12(14)13(16)15-9-10-5-7-11(8-6-10)19(2,17)18/h3,5-8,12H,1,4,9,14H2,2H3,(H,15,16). The lowest BCUT2D eigenvalue weighted by Gasteiger charge is -2.10. The molecule has 5 nitrogen and oxygen atoms in total. The van der Waals surface area contributed by atoms with E-state index in [0.717, 1.165) is 11.8 Å². The SMILES string of the molecule is C=CCC(N)C(=O)NCc1ccc(S(C)(=O)=O)cc1. The van der Waals surface area contributed by atoms with Gasteiger partial charge in [0.1, 0.15) is 0 Å². The number of carbonyl (C=O) groups is 1. The van der Waals surface area contributed by atoms with E-state index in [4.69, 9.17) is 5.73 Å². The Kier molecular flexibility index (Phi) is 5.26. The Hall–Kier alpha value is -1.66. The van der Waals surface area contributed by atoms with E-state index in [2.05, 4.69) is 11.9 Å². The Balaban J connectivity index is 2.60. The maximum atomic E-state index is 11.6. The first-order valence-corrected chi connectivity index (χ1v) is 7.67. The molecule has 19 heavy (non-hydrogen) atoms. The van der Waals surface area contributed by atoms with Gasteiger partial charge >= 0.3 is 0 Å². The Morgan fingerprint density at radius 2 is 2.00 bits per heavy atom. The van der Waals surface area contributed by atoms with E-state index in [0.29, 0.717) is 13.0 Å². The molecule has 1 rings (SSSR count). The first kappa shape index (κ1) is 15.4. The fraction of sp³-hybridized carbons (Fsp3) is 0.308. The predicted molar refractivity (Wildman–Crippen MR) is 74.2 cm³/mol. The summed E-state index contributed by atoms with van der Waals surface area (Å²) in [6.07, 6.45) is 3.15. The van der Waals surface area contributed by atoms with Gasteiger partial charge in [-0.25, -0.2) is 8.42 Å². The predicted octanol–water partition coefficient (Wildman–Crippen LogP) is 0.610. The summed E-state index contributed by atoms with van der Waals surface area (Å²) in [6.45, 7) is 3.83.